The Hall–Kier alpha value is -0.900. The molecule has 0 bridgehead atoms. The van der Waals surface area contributed by atoms with Crippen LogP contribution in [-0.4, -0.2) is 21.3 Å². The maximum absolute atomic E-state index is 5.73. The largest absolute Gasteiger partial charge is 0.329 e. The number of nitrogens with two attached hydrogens (primary N) is 1. The number of aromatic nitrogens is 3. The van der Waals surface area contributed by atoms with Gasteiger partial charge in [0.15, 0.2) is 0 Å². The van der Waals surface area contributed by atoms with E-state index in [0.29, 0.717) is 6.54 Å². The van der Waals surface area contributed by atoms with E-state index in [1.165, 1.54) is 0 Å². The second-order valence-corrected chi connectivity index (χ2v) is 4.31. The SMILES string of the molecule is CCCn1c(C)nnc1C(C)(C)CN. The average molecular weight is 196 g/mol. The Morgan fingerprint density at radius 2 is 2.00 bits per heavy atom. The van der Waals surface area contributed by atoms with E-state index in [2.05, 4.69) is 35.5 Å². The number of hydrogen-bond acceptors (Lipinski definition) is 3. The van der Waals surface area contributed by atoms with Gasteiger partial charge in [-0.25, -0.2) is 0 Å². The maximum Gasteiger partial charge on any atom is 0.139 e. The number of nitrogens with zero attached hydrogens (tertiary/aromatic N) is 3. The third kappa shape index (κ3) is 1.95. The molecular weight excluding hydrogens is 176 g/mol. The van der Waals surface area contributed by atoms with Crippen LogP contribution in [0.4, 0.5) is 0 Å². The monoisotopic (exact) mass is 196 g/mol. The van der Waals surface area contributed by atoms with Crippen molar-refractivity contribution in [3.63, 3.8) is 0 Å². The molecule has 14 heavy (non-hydrogen) atoms. The third-order valence-electron chi connectivity index (χ3n) is 2.50. The molecule has 4 heteroatoms. The Morgan fingerprint density at radius 3 is 2.50 bits per heavy atom. The van der Waals surface area contributed by atoms with E-state index in [-0.39, 0.29) is 5.41 Å². The first kappa shape index (κ1) is 11.2. The van der Waals surface area contributed by atoms with Crippen molar-refractivity contribution in [1.82, 2.24) is 14.8 Å². The lowest BCUT2D eigenvalue weighted by atomic mass is 9.92. The van der Waals surface area contributed by atoms with Crippen molar-refractivity contribution < 1.29 is 0 Å². The van der Waals surface area contributed by atoms with E-state index < -0.39 is 0 Å². The van der Waals surface area contributed by atoms with Crippen molar-refractivity contribution in [3.05, 3.63) is 11.6 Å². The Bertz CT molecular complexity index is 301. The molecule has 0 fully saturated rings. The molecule has 0 spiro atoms. The van der Waals surface area contributed by atoms with E-state index >= 15 is 0 Å². The zero-order valence-electron chi connectivity index (χ0n) is 9.54. The predicted molar refractivity (Wildman–Crippen MR) is 57.1 cm³/mol. The number of aryl methyl sites for hydroxylation is 1. The van der Waals surface area contributed by atoms with Crippen LogP contribution in [0.3, 0.4) is 0 Å². The van der Waals surface area contributed by atoms with Crippen molar-refractivity contribution in [3.8, 4) is 0 Å². The van der Waals surface area contributed by atoms with Gasteiger partial charge < -0.3 is 10.3 Å². The highest BCUT2D eigenvalue weighted by Gasteiger charge is 2.25. The summed E-state index contributed by atoms with van der Waals surface area (Å²) in [6.45, 7) is 9.90. The van der Waals surface area contributed by atoms with Gasteiger partial charge in [-0.2, -0.15) is 0 Å². The molecular formula is C10H20N4. The first-order valence-electron chi connectivity index (χ1n) is 5.13. The van der Waals surface area contributed by atoms with Crippen LogP contribution in [0.2, 0.25) is 0 Å². The summed E-state index contributed by atoms with van der Waals surface area (Å²) in [6.07, 6.45) is 1.09. The van der Waals surface area contributed by atoms with E-state index in [9.17, 15) is 0 Å². The van der Waals surface area contributed by atoms with Gasteiger partial charge in [0.05, 0.1) is 0 Å². The van der Waals surface area contributed by atoms with E-state index in [0.717, 1.165) is 24.6 Å². The first-order valence-corrected chi connectivity index (χ1v) is 5.13. The molecule has 0 aliphatic heterocycles. The first-order chi connectivity index (χ1) is 6.53. The number of rotatable bonds is 4. The molecule has 0 saturated carbocycles. The molecule has 2 N–H and O–H groups in total. The average Bonchev–Trinajstić information content (AvgIpc) is 2.50. The van der Waals surface area contributed by atoms with E-state index in [1.54, 1.807) is 0 Å². The van der Waals surface area contributed by atoms with Gasteiger partial charge in [0.25, 0.3) is 0 Å². The van der Waals surface area contributed by atoms with Gasteiger partial charge in [-0.3, -0.25) is 0 Å². The molecule has 0 amide bonds. The molecule has 0 unspecified atom stereocenters. The minimum Gasteiger partial charge on any atom is -0.329 e. The summed E-state index contributed by atoms with van der Waals surface area (Å²) in [5.41, 5.74) is 5.64. The van der Waals surface area contributed by atoms with Crippen LogP contribution in [0.15, 0.2) is 0 Å². The van der Waals surface area contributed by atoms with Gasteiger partial charge in [0, 0.05) is 18.5 Å². The fourth-order valence-electron chi connectivity index (χ4n) is 1.46. The molecule has 80 valence electrons. The molecule has 0 aliphatic rings. The van der Waals surface area contributed by atoms with Crippen molar-refractivity contribution in [2.24, 2.45) is 5.73 Å². The third-order valence-corrected chi connectivity index (χ3v) is 2.50. The summed E-state index contributed by atoms with van der Waals surface area (Å²) in [4.78, 5) is 0. The second-order valence-electron chi connectivity index (χ2n) is 4.31. The molecule has 1 aromatic heterocycles. The Kier molecular flexibility index (Phi) is 3.26. The molecule has 1 rings (SSSR count). The predicted octanol–water partition coefficient (Wildman–Crippen LogP) is 1.23. The topological polar surface area (TPSA) is 56.7 Å². The highest BCUT2D eigenvalue weighted by Crippen LogP contribution is 2.20. The molecule has 0 atom stereocenters. The van der Waals surface area contributed by atoms with Gasteiger partial charge in [0.1, 0.15) is 11.6 Å². The smallest absolute Gasteiger partial charge is 0.139 e. The zero-order chi connectivity index (χ0) is 10.8. The van der Waals surface area contributed by atoms with E-state index in [1.807, 2.05) is 6.92 Å². The minimum atomic E-state index is -0.0869. The highest BCUT2D eigenvalue weighted by molar-refractivity contribution is 5.07. The van der Waals surface area contributed by atoms with Crippen molar-refractivity contribution >= 4 is 0 Å². The fraction of sp³-hybridized carbons (Fsp3) is 0.800. The minimum absolute atomic E-state index is 0.0869. The summed E-state index contributed by atoms with van der Waals surface area (Å²) in [5.74, 6) is 1.97. The Labute approximate surface area is 85.5 Å². The summed E-state index contributed by atoms with van der Waals surface area (Å²) < 4.78 is 2.16. The maximum atomic E-state index is 5.73. The fourth-order valence-corrected chi connectivity index (χ4v) is 1.46. The van der Waals surface area contributed by atoms with Gasteiger partial charge in [-0.15, -0.1) is 10.2 Å². The summed E-state index contributed by atoms with van der Waals surface area (Å²) >= 11 is 0. The van der Waals surface area contributed by atoms with Crippen LogP contribution in [-0.2, 0) is 12.0 Å². The summed E-state index contributed by atoms with van der Waals surface area (Å²) in [7, 11) is 0. The standard InChI is InChI=1S/C10H20N4/c1-5-6-14-8(2)12-13-9(14)10(3,4)7-11/h5-7,11H2,1-4H3. The van der Waals surface area contributed by atoms with Gasteiger partial charge in [-0.1, -0.05) is 20.8 Å². The van der Waals surface area contributed by atoms with Crippen LogP contribution in [0.1, 0.15) is 38.8 Å². The molecule has 0 aliphatic carbocycles. The lowest BCUT2D eigenvalue weighted by Crippen LogP contribution is -2.32. The lowest BCUT2D eigenvalue weighted by Gasteiger charge is -2.22. The van der Waals surface area contributed by atoms with Crippen LogP contribution >= 0.6 is 0 Å². The molecule has 4 nitrogen and oxygen atoms in total. The molecule has 0 radical (unpaired) electrons. The van der Waals surface area contributed by atoms with Crippen LogP contribution < -0.4 is 5.73 Å². The van der Waals surface area contributed by atoms with Crippen molar-refractivity contribution in [1.29, 1.82) is 0 Å². The van der Waals surface area contributed by atoms with Gasteiger partial charge in [-0.05, 0) is 13.3 Å². The molecule has 1 aromatic rings. The van der Waals surface area contributed by atoms with Gasteiger partial charge >= 0.3 is 0 Å². The zero-order valence-corrected chi connectivity index (χ0v) is 9.54. The van der Waals surface area contributed by atoms with Crippen LogP contribution in [0, 0.1) is 6.92 Å². The lowest BCUT2D eigenvalue weighted by molar-refractivity contribution is 0.461. The Balaban J connectivity index is 3.08. The summed E-state index contributed by atoms with van der Waals surface area (Å²) in [6, 6.07) is 0. The highest BCUT2D eigenvalue weighted by atomic mass is 15.3. The van der Waals surface area contributed by atoms with Crippen LogP contribution in [0.25, 0.3) is 0 Å². The molecule has 0 saturated heterocycles. The van der Waals surface area contributed by atoms with Gasteiger partial charge in [0.2, 0.25) is 0 Å². The second kappa shape index (κ2) is 4.09. The summed E-state index contributed by atoms with van der Waals surface area (Å²) in [5, 5.41) is 8.32. The van der Waals surface area contributed by atoms with Crippen LogP contribution in [0.5, 0.6) is 0 Å². The van der Waals surface area contributed by atoms with Crippen molar-refractivity contribution in [2.45, 2.75) is 46.1 Å². The Morgan fingerprint density at radius 1 is 1.36 bits per heavy atom. The number of hydrogen-bond donors (Lipinski definition) is 1. The molecule has 0 aromatic carbocycles. The molecule has 1 heterocycles. The van der Waals surface area contributed by atoms with E-state index in [4.69, 9.17) is 5.73 Å². The van der Waals surface area contributed by atoms with Crippen molar-refractivity contribution in [2.75, 3.05) is 6.54 Å². The quantitative estimate of drug-likeness (QED) is 0.788. The normalized spacial score (nSPS) is 12.1.